The molecule has 2 bridgehead atoms. The van der Waals surface area contributed by atoms with Crippen LogP contribution in [0.25, 0.3) is 0 Å². The second kappa shape index (κ2) is 11.1. The van der Waals surface area contributed by atoms with Gasteiger partial charge in [0, 0.05) is 29.1 Å². The number of nitrogens with zero attached hydrogens (tertiary/aromatic N) is 1. The predicted octanol–water partition coefficient (Wildman–Crippen LogP) is 4.99. The second-order valence-electron chi connectivity index (χ2n) is 13.9. The van der Waals surface area contributed by atoms with Gasteiger partial charge in [0.2, 0.25) is 17.7 Å². The highest BCUT2D eigenvalue weighted by atomic mass is 32.2. The molecule has 3 heterocycles. The molecule has 216 valence electrons. The number of unbranched alkanes of at least 4 members (excludes halogenated alkanes) is 3. The second-order valence-corrected chi connectivity index (χ2v) is 15.8. The summed E-state index contributed by atoms with van der Waals surface area (Å²) >= 11 is 1.71. The van der Waals surface area contributed by atoms with Crippen molar-refractivity contribution >= 4 is 35.2 Å². The van der Waals surface area contributed by atoms with E-state index in [0.717, 1.165) is 50.6 Å². The van der Waals surface area contributed by atoms with E-state index in [1.54, 1.807) is 16.7 Å². The first-order chi connectivity index (χ1) is 18.2. The molecule has 3 amide bonds. The van der Waals surface area contributed by atoms with Crippen molar-refractivity contribution in [3.05, 3.63) is 30.3 Å². The van der Waals surface area contributed by atoms with Crippen LogP contribution in [0.5, 0.6) is 0 Å². The van der Waals surface area contributed by atoms with Gasteiger partial charge in [-0.2, -0.15) is 0 Å². The zero-order chi connectivity index (χ0) is 28.6. The molecule has 0 radical (unpaired) electrons. The molecule has 3 aliphatic heterocycles. The Morgan fingerprint density at radius 3 is 2.33 bits per heavy atom. The van der Waals surface area contributed by atoms with Gasteiger partial charge < -0.3 is 20.6 Å². The number of aliphatic hydroxyl groups excluding tert-OH is 1. The Morgan fingerprint density at radius 1 is 1.03 bits per heavy atom. The Morgan fingerprint density at radius 2 is 1.69 bits per heavy atom. The average Bonchev–Trinajstić information content (AvgIpc) is 3.38. The van der Waals surface area contributed by atoms with Gasteiger partial charge in [-0.1, -0.05) is 51.8 Å². The molecule has 3 fully saturated rings. The first-order valence-electron chi connectivity index (χ1n) is 14.5. The third-order valence-electron chi connectivity index (χ3n) is 8.59. The molecule has 3 N–H and O–H groups in total. The van der Waals surface area contributed by atoms with Gasteiger partial charge in [-0.25, -0.2) is 0 Å². The molecule has 0 saturated carbocycles. The smallest absolute Gasteiger partial charge is 0.244 e. The minimum Gasteiger partial charge on any atom is -0.396 e. The number of carbonyl (C=O) groups excluding carboxylic acids is 3. The molecular formula is C31H47N3O4S. The monoisotopic (exact) mass is 557 g/mol. The van der Waals surface area contributed by atoms with Crippen molar-refractivity contribution in [3.63, 3.8) is 0 Å². The maximum Gasteiger partial charge on any atom is 0.244 e. The molecule has 3 saturated heterocycles. The van der Waals surface area contributed by atoms with Crippen LogP contribution in [0.4, 0.5) is 5.69 Å². The van der Waals surface area contributed by atoms with Gasteiger partial charge in [-0.3, -0.25) is 14.4 Å². The summed E-state index contributed by atoms with van der Waals surface area (Å²) in [6, 6.07) is 8.79. The van der Waals surface area contributed by atoms with Gasteiger partial charge in [0.1, 0.15) is 6.04 Å². The Kier molecular flexibility index (Phi) is 8.49. The van der Waals surface area contributed by atoms with Crippen molar-refractivity contribution in [2.24, 2.45) is 17.3 Å². The molecule has 7 nitrogen and oxygen atoms in total. The highest BCUT2D eigenvalue weighted by Crippen LogP contribution is 2.71. The Labute approximate surface area is 238 Å². The number of amides is 3. The van der Waals surface area contributed by atoms with Gasteiger partial charge in [0.25, 0.3) is 0 Å². The lowest BCUT2D eigenvalue weighted by Crippen LogP contribution is -2.58. The number of hydrogen-bond donors (Lipinski definition) is 3. The summed E-state index contributed by atoms with van der Waals surface area (Å²) in [4.78, 5) is 44.0. The van der Waals surface area contributed by atoms with Crippen molar-refractivity contribution in [2.75, 3.05) is 18.5 Å². The van der Waals surface area contributed by atoms with E-state index in [2.05, 4.69) is 52.2 Å². The van der Waals surface area contributed by atoms with E-state index < -0.39 is 32.9 Å². The van der Waals surface area contributed by atoms with E-state index in [-0.39, 0.29) is 29.7 Å². The van der Waals surface area contributed by atoms with Gasteiger partial charge in [-0.05, 0) is 70.4 Å². The number of anilines is 1. The summed E-state index contributed by atoms with van der Waals surface area (Å²) in [5, 5.41) is 15.5. The maximum atomic E-state index is 14.2. The fraction of sp³-hybridized carbons (Fsp3) is 0.710. The fourth-order valence-electron chi connectivity index (χ4n) is 7.63. The predicted molar refractivity (Wildman–Crippen MR) is 157 cm³/mol. The number of hydrogen-bond acceptors (Lipinski definition) is 5. The molecule has 4 rings (SSSR count). The van der Waals surface area contributed by atoms with Gasteiger partial charge >= 0.3 is 0 Å². The van der Waals surface area contributed by atoms with Crippen molar-refractivity contribution in [2.45, 2.75) is 108 Å². The quantitative estimate of drug-likeness (QED) is 0.333. The normalized spacial score (nSPS) is 30.0. The summed E-state index contributed by atoms with van der Waals surface area (Å²) in [6.07, 6.45) is 5.63. The number of nitrogens with one attached hydrogen (secondary N) is 2. The summed E-state index contributed by atoms with van der Waals surface area (Å²) in [6.45, 7) is 13.4. The molecule has 5 atom stereocenters. The van der Waals surface area contributed by atoms with Crippen molar-refractivity contribution in [1.29, 1.82) is 0 Å². The van der Waals surface area contributed by atoms with E-state index in [9.17, 15) is 14.4 Å². The minimum absolute atomic E-state index is 0.0319. The Bertz CT molecular complexity index is 1070. The Hall–Kier alpha value is -2.06. The molecule has 1 aromatic rings. The highest BCUT2D eigenvalue weighted by Gasteiger charge is 2.77. The first-order valence-corrected chi connectivity index (χ1v) is 15.3. The molecule has 1 aromatic carbocycles. The van der Waals surface area contributed by atoms with Crippen molar-refractivity contribution < 1.29 is 19.5 Å². The van der Waals surface area contributed by atoms with Crippen molar-refractivity contribution in [3.8, 4) is 0 Å². The zero-order valence-corrected chi connectivity index (χ0v) is 25.3. The number of benzene rings is 1. The largest absolute Gasteiger partial charge is 0.396 e. The lowest BCUT2D eigenvalue weighted by molar-refractivity contribution is -0.140. The third-order valence-corrected chi connectivity index (χ3v) is 10.6. The average molecular weight is 558 g/mol. The molecule has 2 unspecified atom stereocenters. The molecule has 3 aliphatic rings. The number of carbonyl (C=O) groups is 3. The number of para-hydroxylation sites is 1. The lowest BCUT2D eigenvalue weighted by atomic mass is 9.66. The van der Waals surface area contributed by atoms with E-state index in [1.165, 1.54) is 0 Å². The van der Waals surface area contributed by atoms with E-state index in [4.69, 9.17) is 5.11 Å². The first kappa shape index (κ1) is 29.9. The summed E-state index contributed by atoms with van der Waals surface area (Å²) < 4.78 is -1.01. The van der Waals surface area contributed by atoms with Crippen LogP contribution in [0.15, 0.2) is 30.3 Å². The fourth-order valence-corrected chi connectivity index (χ4v) is 9.98. The van der Waals surface area contributed by atoms with E-state index >= 15 is 0 Å². The van der Waals surface area contributed by atoms with Crippen LogP contribution in [0, 0.1) is 17.3 Å². The molecule has 0 aliphatic carbocycles. The number of thioether (sulfide) groups is 1. The number of likely N-dealkylation sites (tertiary alicyclic amines) is 1. The van der Waals surface area contributed by atoms with Crippen LogP contribution in [-0.2, 0) is 14.4 Å². The van der Waals surface area contributed by atoms with Crippen LogP contribution in [0.2, 0.25) is 0 Å². The maximum absolute atomic E-state index is 14.2. The van der Waals surface area contributed by atoms with Crippen LogP contribution in [0.1, 0.15) is 86.5 Å². The molecular weight excluding hydrogens is 510 g/mol. The zero-order valence-electron chi connectivity index (χ0n) is 24.5. The molecule has 0 aromatic heterocycles. The van der Waals surface area contributed by atoms with Gasteiger partial charge in [-0.15, -0.1) is 11.8 Å². The van der Waals surface area contributed by atoms with Crippen LogP contribution >= 0.6 is 11.8 Å². The number of fused-ring (bicyclic) bond motifs is 1. The minimum atomic E-state index is -0.614. The topological polar surface area (TPSA) is 98.7 Å². The van der Waals surface area contributed by atoms with Crippen LogP contribution < -0.4 is 10.6 Å². The third kappa shape index (κ3) is 6.02. The Balaban J connectivity index is 1.64. The summed E-state index contributed by atoms with van der Waals surface area (Å²) in [5.74, 6) is -1.32. The number of aliphatic hydroxyl groups is 1. The van der Waals surface area contributed by atoms with E-state index in [1.807, 2.05) is 30.3 Å². The standard InChI is InChI=1S/C31H47N3O4S/c1-28(2,3)20-29(4,5)33-26(37)24-31-17-16-30(6,39-31)22(25(36)32-21-14-10-9-11-15-21)23(31)27(38)34(24)18-12-7-8-13-19-35/h9-11,14-15,22-24,35H,7-8,12-13,16-20H2,1-6H3,(H,32,36)(H,33,37)/t22-,23-,24?,30+,31?/m0/s1. The SMILES string of the molecule is CC(C)(C)CC(C)(C)NC(=O)C1N(CCCCCCO)C(=O)[C@@H]2[C@@H](C(=O)Nc3ccccc3)[C@@]3(C)CCC12S3. The van der Waals surface area contributed by atoms with E-state index in [0.29, 0.717) is 6.54 Å². The molecule has 8 heteroatoms. The summed E-state index contributed by atoms with van der Waals surface area (Å²) in [5.41, 5.74) is 0.316. The van der Waals surface area contributed by atoms with Gasteiger partial charge in [0.15, 0.2) is 0 Å². The van der Waals surface area contributed by atoms with Crippen LogP contribution in [0.3, 0.4) is 0 Å². The highest BCUT2D eigenvalue weighted by molar-refractivity contribution is 8.02. The lowest BCUT2D eigenvalue weighted by Gasteiger charge is -2.38. The molecule has 39 heavy (non-hydrogen) atoms. The van der Waals surface area contributed by atoms with Crippen LogP contribution in [-0.4, -0.2) is 62.0 Å². The molecule has 1 spiro atoms. The summed E-state index contributed by atoms with van der Waals surface area (Å²) in [7, 11) is 0. The number of rotatable bonds is 11. The van der Waals surface area contributed by atoms with Crippen molar-refractivity contribution in [1.82, 2.24) is 10.2 Å². The van der Waals surface area contributed by atoms with Gasteiger partial charge in [0.05, 0.1) is 16.6 Å².